The van der Waals surface area contributed by atoms with Gasteiger partial charge in [-0.05, 0) is 51.2 Å². The van der Waals surface area contributed by atoms with E-state index in [0.717, 1.165) is 57.8 Å². The normalized spacial score (nSPS) is 21.9. The van der Waals surface area contributed by atoms with Gasteiger partial charge < -0.3 is 29.7 Å². The van der Waals surface area contributed by atoms with Gasteiger partial charge in [0.05, 0.1) is 31.2 Å². The van der Waals surface area contributed by atoms with Gasteiger partial charge in [0.2, 0.25) is 0 Å². The highest BCUT2D eigenvalue weighted by Gasteiger charge is 2.36. The Hall–Kier alpha value is -2.95. The van der Waals surface area contributed by atoms with Crippen molar-refractivity contribution in [2.45, 2.75) is 63.1 Å². The van der Waals surface area contributed by atoms with Gasteiger partial charge in [0.15, 0.2) is 0 Å². The molecule has 3 aliphatic rings. The second-order valence-corrected chi connectivity index (χ2v) is 11.6. The fourth-order valence-corrected chi connectivity index (χ4v) is 5.74. The molecule has 0 aliphatic carbocycles. The number of carbonyl (C=O) groups is 2. The van der Waals surface area contributed by atoms with E-state index in [1.54, 1.807) is 11.0 Å². The number of benzene rings is 1. The van der Waals surface area contributed by atoms with Crippen molar-refractivity contribution in [1.29, 1.82) is 5.26 Å². The summed E-state index contributed by atoms with van der Waals surface area (Å²) in [7, 11) is -1.77. The zero-order valence-electron chi connectivity index (χ0n) is 24.1. The maximum atomic E-state index is 13.6. The molecule has 222 valence electrons. The van der Waals surface area contributed by atoms with Crippen LogP contribution in [0.1, 0.15) is 38.7 Å². The lowest BCUT2D eigenvalue weighted by Gasteiger charge is -2.46. The number of nitrogens with zero attached hydrogens (tertiary/aromatic N) is 4. The summed E-state index contributed by atoms with van der Waals surface area (Å²) in [5, 5.41) is 32.0. The Kier molecular flexibility index (Phi) is 10.8. The Labute approximate surface area is 242 Å². The molecule has 3 fully saturated rings. The quantitative estimate of drug-likeness (QED) is 0.214. The lowest BCUT2D eigenvalue weighted by Crippen LogP contribution is -2.59. The predicted octanol–water partition coefficient (Wildman–Crippen LogP) is 0.962. The van der Waals surface area contributed by atoms with Crippen LogP contribution in [0.15, 0.2) is 42.0 Å². The highest BCUT2D eigenvalue weighted by Crippen LogP contribution is 2.25. The van der Waals surface area contributed by atoms with Crippen LogP contribution in [0.2, 0.25) is 0 Å². The molecule has 2 atom stereocenters. The largest absolute Gasteiger partial charge is 0.475 e. The van der Waals surface area contributed by atoms with Crippen LogP contribution in [0.4, 0.5) is 4.79 Å². The van der Waals surface area contributed by atoms with Gasteiger partial charge in [-0.2, -0.15) is 5.26 Å². The number of piperidine rings is 1. The number of nitriles is 1. The minimum atomic E-state index is -1.77. The molecule has 3 saturated heterocycles. The zero-order valence-corrected chi connectivity index (χ0v) is 24.1. The summed E-state index contributed by atoms with van der Waals surface area (Å²) in [4.78, 5) is 32.5. The first-order valence-electron chi connectivity index (χ1n) is 14.5. The molecule has 12 heteroatoms. The fourth-order valence-electron chi connectivity index (χ4n) is 5.74. The molecule has 3 N–H and O–H groups in total. The topological polar surface area (TPSA) is 139 Å². The number of hydrogen-bond donors (Lipinski definition) is 3. The van der Waals surface area contributed by atoms with Crippen LogP contribution in [-0.2, 0) is 20.7 Å². The number of likely N-dealkylation sites (tertiary alicyclic amines) is 1. The van der Waals surface area contributed by atoms with Gasteiger partial charge in [-0.3, -0.25) is 14.6 Å². The molecule has 2 unspecified atom stereocenters. The monoisotopic (exact) mass is 567 g/mol. The Balaban J connectivity index is 1.34. The van der Waals surface area contributed by atoms with E-state index >= 15 is 0 Å². The van der Waals surface area contributed by atoms with Crippen molar-refractivity contribution in [2.75, 3.05) is 52.5 Å². The van der Waals surface area contributed by atoms with Crippen molar-refractivity contribution >= 4 is 19.1 Å². The smallest absolute Gasteiger partial charge is 0.447 e. The van der Waals surface area contributed by atoms with Crippen molar-refractivity contribution in [3.05, 3.63) is 47.5 Å². The highest BCUT2D eigenvalue weighted by molar-refractivity contribution is 6.43. The average molecular weight is 567 g/mol. The number of carbonyl (C=O) groups excluding carboxylic acids is 2. The summed E-state index contributed by atoms with van der Waals surface area (Å²) >= 11 is 0. The predicted molar refractivity (Wildman–Crippen MR) is 153 cm³/mol. The third-order valence-electron chi connectivity index (χ3n) is 8.37. The second-order valence-electron chi connectivity index (χ2n) is 11.6. The number of ether oxygens (including phenoxy) is 2. The zero-order chi connectivity index (χ0) is 29.4. The van der Waals surface area contributed by atoms with Gasteiger partial charge in [-0.15, -0.1) is 0 Å². The van der Waals surface area contributed by atoms with E-state index in [4.69, 9.17) is 9.47 Å². The van der Waals surface area contributed by atoms with E-state index < -0.39 is 24.7 Å². The lowest BCUT2D eigenvalue weighted by molar-refractivity contribution is -0.131. The molecule has 0 bridgehead atoms. The van der Waals surface area contributed by atoms with E-state index in [-0.39, 0.29) is 30.5 Å². The van der Waals surface area contributed by atoms with Crippen LogP contribution in [0, 0.1) is 11.3 Å². The van der Waals surface area contributed by atoms with Crippen LogP contribution in [-0.4, -0.2) is 120 Å². The van der Waals surface area contributed by atoms with Crippen LogP contribution in [0.25, 0.3) is 0 Å². The molecule has 3 aliphatic heterocycles. The molecule has 0 radical (unpaired) electrons. The molecule has 0 aromatic heterocycles. The van der Waals surface area contributed by atoms with Gasteiger partial charge in [0.25, 0.3) is 5.91 Å². The first kappa shape index (κ1) is 31.0. The number of amides is 2. The van der Waals surface area contributed by atoms with Crippen molar-refractivity contribution in [3.63, 3.8) is 0 Å². The standard InChI is InChI=1S/C29H42BN5O6/c1-29(2,34-14-12-33(13-15-34)25-19-40-20-25)17-23(18-31)27(36)35-11-7-6-10-24(35)21-41-28(37)32-26(30(38)39)16-22-8-4-3-5-9-22/h3-5,8-9,17,24-26,38-39H,6-7,10-16,19-21H2,1-2H3,(H,32,37). The number of hydrogen-bond acceptors (Lipinski definition) is 9. The summed E-state index contributed by atoms with van der Waals surface area (Å²) in [6, 6.07) is 11.4. The second kappa shape index (κ2) is 14.3. The number of piperazine rings is 1. The van der Waals surface area contributed by atoms with Crippen LogP contribution in [0.3, 0.4) is 0 Å². The Morgan fingerprint density at radius 3 is 2.49 bits per heavy atom. The van der Waals surface area contributed by atoms with Gasteiger partial charge >= 0.3 is 13.2 Å². The molecule has 41 heavy (non-hydrogen) atoms. The molecule has 2 amide bonds. The molecule has 4 rings (SSSR count). The average Bonchev–Trinajstić information content (AvgIpc) is 2.94. The molecular formula is C29H42BN5O6. The lowest BCUT2D eigenvalue weighted by atomic mass is 9.76. The molecule has 0 saturated carbocycles. The van der Waals surface area contributed by atoms with Gasteiger partial charge in [0.1, 0.15) is 18.2 Å². The molecule has 11 nitrogen and oxygen atoms in total. The minimum absolute atomic E-state index is 0.0495. The number of rotatable bonds is 10. The Morgan fingerprint density at radius 2 is 1.88 bits per heavy atom. The highest BCUT2D eigenvalue weighted by atomic mass is 16.5. The summed E-state index contributed by atoms with van der Waals surface area (Å²) in [5.41, 5.74) is 0.444. The summed E-state index contributed by atoms with van der Waals surface area (Å²) in [5.74, 6) is -1.31. The third-order valence-corrected chi connectivity index (χ3v) is 8.37. The number of alkyl carbamates (subject to hydrolysis) is 1. The van der Waals surface area contributed by atoms with Crippen LogP contribution < -0.4 is 5.32 Å². The fraction of sp³-hybridized carbons (Fsp3) is 0.621. The van der Waals surface area contributed by atoms with E-state index in [1.807, 2.05) is 44.2 Å². The summed E-state index contributed by atoms with van der Waals surface area (Å²) in [6.07, 6.45) is 3.52. The molecule has 3 heterocycles. The third kappa shape index (κ3) is 8.30. The van der Waals surface area contributed by atoms with Crippen molar-refractivity contribution in [2.24, 2.45) is 0 Å². The van der Waals surface area contributed by atoms with Gasteiger partial charge in [-0.25, -0.2) is 4.79 Å². The summed E-state index contributed by atoms with van der Waals surface area (Å²) in [6.45, 7) is 9.60. The Morgan fingerprint density at radius 1 is 1.17 bits per heavy atom. The van der Waals surface area contributed by atoms with Crippen LogP contribution in [0.5, 0.6) is 0 Å². The summed E-state index contributed by atoms with van der Waals surface area (Å²) < 4.78 is 10.8. The van der Waals surface area contributed by atoms with E-state index in [0.29, 0.717) is 19.0 Å². The first-order valence-corrected chi connectivity index (χ1v) is 14.5. The SMILES string of the molecule is CC(C)(C=C(C#N)C(=O)N1CCCCC1COC(=O)NC(Cc1ccccc1)B(O)O)N1CCN(C2COC2)CC1. The van der Waals surface area contributed by atoms with Gasteiger partial charge in [-0.1, -0.05) is 30.3 Å². The van der Waals surface area contributed by atoms with Crippen molar-refractivity contribution in [1.82, 2.24) is 20.0 Å². The number of nitrogens with one attached hydrogen (secondary N) is 1. The van der Waals surface area contributed by atoms with Gasteiger partial charge in [0, 0.05) is 38.3 Å². The maximum Gasteiger partial charge on any atom is 0.475 e. The minimum Gasteiger partial charge on any atom is -0.447 e. The van der Waals surface area contributed by atoms with Crippen molar-refractivity contribution < 1.29 is 29.1 Å². The van der Waals surface area contributed by atoms with E-state index in [2.05, 4.69) is 21.2 Å². The maximum absolute atomic E-state index is 13.6. The van der Waals surface area contributed by atoms with E-state index in [9.17, 15) is 24.9 Å². The van der Waals surface area contributed by atoms with Crippen molar-refractivity contribution in [3.8, 4) is 6.07 Å². The van der Waals surface area contributed by atoms with Crippen LogP contribution >= 0.6 is 0 Å². The molecule has 1 aromatic carbocycles. The molecular weight excluding hydrogens is 525 g/mol. The first-order chi connectivity index (χ1) is 19.7. The Bertz CT molecular complexity index is 1100. The van der Waals surface area contributed by atoms with E-state index in [1.165, 1.54) is 0 Å². The molecule has 0 spiro atoms. The molecule has 1 aromatic rings.